The minimum absolute atomic E-state index is 0.160. The predicted octanol–water partition coefficient (Wildman–Crippen LogP) is 5.47. The lowest BCUT2D eigenvalue weighted by Gasteiger charge is -2.41. The number of rotatable bonds is 7. The van der Waals surface area contributed by atoms with Gasteiger partial charge < -0.3 is 5.32 Å². The number of thiophene rings is 1. The summed E-state index contributed by atoms with van der Waals surface area (Å²) in [6.45, 7) is 10.1. The van der Waals surface area contributed by atoms with Crippen molar-refractivity contribution in [1.29, 1.82) is 0 Å². The zero-order valence-corrected chi connectivity index (χ0v) is 14.5. The summed E-state index contributed by atoms with van der Waals surface area (Å²) in [5, 5.41) is 6.00. The monoisotopic (exact) mass is 301 g/mol. The smallest absolute Gasteiger partial charge is 0.0515 e. The summed E-state index contributed by atoms with van der Waals surface area (Å²) in [4.78, 5) is 1.49. The summed E-state index contributed by atoms with van der Waals surface area (Å²) in [6.07, 6.45) is 2.28. The highest BCUT2D eigenvalue weighted by Gasteiger charge is 2.39. The second-order valence-electron chi connectivity index (χ2n) is 5.69. The van der Waals surface area contributed by atoms with Gasteiger partial charge in [-0.2, -0.15) is 0 Å². The Morgan fingerprint density at radius 3 is 2.19 bits per heavy atom. The summed E-state index contributed by atoms with van der Waals surface area (Å²) in [6, 6.07) is 13.7. The van der Waals surface area contributed by atoms with Gasteiger partial charge in [0.15, 0.2) is 0 Å². The number of benzene rings is 1. The van der Waals surface area contributed by atoms with E-state index in [1.165, 1.54) is 16.0 Å². The van der Waals surface area contributed by atoms with Crippen LogP contribution in [-0.2, 0) is 5.41 Å². The van der Waals surface area contributed by atoms with Crippen LogP contribution in [0.4, 0.5) is 0 Å². The van der Waals surface area contributed by atoms with Crippen molar-refractivity contribution in [3.05, 3.63) is 57.8 Å². The first-order valence-electron chi connectivity index (χ1n) is 8.02. The molecule has 1 aromatic carbocycles. The molecule has 1 N–H and O–H groups in total. The first-order chi connectivity index (χ1) is 10.2. The van der Waals surface area contributed by atoms with Crippen LogP contribution < -0.4 is 5.32 Å². The molecule has 0 fully saturated rings. The third-order valence-corrected chi connectivity index (χ3v) is 5.82. The molecule has 0 bridgehead atoms. The van der Waals surface area contributed by atoms with Gasteiger partial charge in [-0.05, 0) is 48.9 Å². The summed E-state index contributed by atoms with van der Waals surface area (Å²) < 4.78 is 0. The fourth-order valence-corrected chi connectivity index (χ4v) is 4.54. The quantitative estimate of drug-likeness (QED) is 0.715. The van der Waals surface area contributed by atoms with Crippen molar-refractivity contribution in [2.75, 3.05) is 6.54 Å². The SMILES string of the molecule is CCNC(c1sccc1C)C(CC)(CC)c1ccccc1. The van der Waals surface area contributed by atoms with Gasteiger partial charge in [0, 0.05) is 10.3 Å². The van der Waals surface area contributed by atoms with Crippen LogP contribution in [0.25, 0.3) is 0 Å². The van der Waals surface area contributed by atoms with Crippen LogP contribution in [0.2, 0.25) is 0 Å². The maximum Gasteiger partial charge on any atom is 0.0515 e. The second kappa shape index (κ2) is 7.24. The molecule has 21 heavy (non-hydrogen) atoms. The van der Waals surface area contributed by atoms with Gasteiger partial charge in [-0.1, -0.05) is 51.1 Å². The molecular weight excluding hydrogens is 274 g/mol. The summed E-state index contributed by atoms with van der Waals surface area (Å²) in [5.41, 5.74) is 3.02. The Bertz CT molecular complexity index is 540. The van der Waals surface area contributed by atoms with E-state index < -0.39 is 0 Å². The van der Waals surface area contributed by atoms with Crippen molar-refractivity contribution in [3.8, 4) is 0 Å². The summed E-state index contributed by atoms with van der Waals surface area (Å²) >= 11 is 1.89. The van der Waals surface area contributed by atoms with E-state index in [0.717, 1.165) is 19.4 Å². The van der Waals surface area contributed by atoms with E-state index in [-0.39, 0.29) is 5.41 Å². The van der Waals surface area contributed by atoms with Gasteiger partial charge in [-0.15, -0.1) is 11.3 Å². The van der Waals surface area contributed by atoms with Crippen LogP contribution in [0, 0.1) is 6.92 Å². The molecular formula is C19H27NS. The van der Waals surface area contributed by atoms with Crippen LogP contribution in [0.3, 0.4) is 0 Å². The third kappa shape index (κ3) is 3.07. The van der Waals surface area contributed by atoms with Crippen molar-refractivity contribution in [1.82, 2.24) is 5.32 Å². The molecule has 0 aliphatic rings. The lowest BCUT2D eigenvalue weighted by Crippen LogP contribution is -2.41. The van der Waals surface area contributed by atoms with E-state index in [1.807, 2.05) is 11.3 Å². The number of aryl methyl sites for hydroxylation is 1. The molecule has 0 spiro atoms. The number of hydrogen-bond acceptors (Lipinski definition) is 2. The Morgan fingerprint density at radius 2 is 1.71 bits per heavy atom. The van der Waals surface area contributed by atoms with Gasteiger partial charge in [-0.3, -0.25) is 0 Å². The Labute approximate surface area is 133 Å². The van der Waals surface area contributed by atoms with Gasteiger partial charge >= 0.3 is 0 Å². The minimum Gasteiger partial charge on any atom is -0.309 e. The first-order valence-corrected chi connectivity index (χ1v) is 8.90. The van der Waals surface area contributed by atoms with Gasteiger partial charge in [0.05, 0.1) is 6.04 Å². The van der Waals surface area contributed by atoms with Crippen LogP contribution in [0.15, 0.2) is 41.8 Å². The molecule has 1 unspecified atom stereocenters. The van der Waals surface area contributed by atoms with Crippen LogP contribution >= 0.6 is 11.3 Å². The largest absolute Gasteiger partial charge is 0.309 e. The second-order valence-corrected chi connectivity index (χ2v) is 6.64. The minimum atomic E-state index is 0.160. The average Bonchev–Trinajstić information content (AvgIpc) is 2.95. The standard InChI is InChI=1S/C19H27NS/c1-5-19(6-2,16-11-9-8-10-12-16)18(20-7-3)17-15(4)13-14-21-17/h8-14,18,20H,5-7H2,1-4H3. The molecule has 1 aromatic heterocycles. The molecule has 2 rings (SSSR count). The van der Waals surface area contributed by atoms with E-state index in [1.54, 1.807) is 0 Å². The molecule has 2 heteroatoms. The van der Waals surface area contributed by atoms with Gasteiger partial charge in [0.25, 0.3) is 0 Å². The van der Waals surface area contributed by atoms with Crippen molar-refractivity contribution in [2.45, 2.75) is 52.0 Å². The maximum absolute atomic E-state index is 3.78. The number of likely N-dealkylation sites (N-methyl/N-ethyl adjacent to an activating group) is 1. The van der Waals surface area contributed by atoms with E-state index in [9.17, 15) is 0 Å². The molecule has 1 nitrogen and oxygen atoms in total. The normalized spacial score (nSPS) is 13.3. The van der Waals surface area contributed by atoms with Crippen molar-refractivity contribution in [2.24, 2.45) is 0 Å². The number of hydrogen-bond donors (Lipinski definition) is 1. The Hall–Kier alpha value is -1.12. The average molecular weight is 301 g/mol. The fourth-order valence-electron chi connectivity index (χ4n) is 3.43. The highest BCUT2D eigenvalue weighted by molar-refractivity contribution is 7.10. The lowest BCUT2D eigenvalue weighted by atomic mass is 9.69. The summed E-state index contributed by atoms with van der Waals surface area (Å²) in [5.74, 6) is 0. The van der Waals surface area contributed by atoms with Crippen molar-refractivity contribution < 1.29 is 0 Å². The Balaban J connectivity index is 2.54. The Kier molecular flexibility index (Phi) is 5.60. The zero-order chi connectivity index (χ0) is 15.3. The molecule has 2 aromatic rings. The van der Waals surface area contributed by atoms with Gasteiger partial charge in [0.2, 0.25) is 0 Å². The highest BCUT2D eigenvalue weighted by Crippen LogP contribution is 2.45. The molecule has 1 heterocycles. The molecule has 0 saturated carbocycles. The number of nitrogens with one attached hydrogen (secondary N) is 1. The maximum atomic E-state index is 3.78. The molecule has 0 amide bonds. The molecule has 114 valence electrons. The molecule has 0 saturated heterocycles. The molecule has 1 atom stereocenters. The fraction of sp³-hybridized carbons (Fsp3) is 0.474. The predicted molar refractivity (Wildman–Crippen MR) is 94.2 cm³/mol. The lowest BCUT2D eigenvalue weighted by molar-refractivity contribution is 0.280. The topological polar surface area (TPSA) is 12.0 Å². The summed E-state index contributed by atoms with van der Waals surface area (Å²) in [7, 11) is 0. The van der Waals surface area contributed by atoms with Crippen molar-refractivity contribution >= 4 is 11.3 Å². The molecule has 0 aliphatic carbocycles. The zero-order valence-electron chi connectivity index (χ0n) is 13.6. The van der Waals surface area contributed by atoms with E-state index >= 15 is 0 Å². The van der Waals surface area contributed by atoms with Gasteiger partial charge in [-0.25, -0.2) is 0 Å². The van der Waals surface area contributed by atoms with E-state index in [0.29, 0.717) is 6.04 Å². The van der Waals surface area contributed by atoms with E-state index in [4.69, 9.17) is 0 Å². The highest BCUT2D eigenvalue weighted by atomic mass is 32.1. The van der Waals surface area contributed by atoms with Crippen LogP contribution in [-0.4, -0.2) is 6.54 Å². The third-order valence-electron chi connectivity index (χ3n) is 4.74. The van der Waals surface area contributed by atoms with Crippen molar-refractivity contribution in [3.63, 3.8) is 0 Å². The molecule has 0 radical (unpaired) electrons. The Morgan fingerprint density at radius 1 is 1.05 bits per heavy atom. The van der Waals surface area contributed by atoms with Crippen LogP contribution in [0.1, 0.15) is 55.7 Å². The molecule has 0 aliphatic heterocycles. The van der Waals surface area contributed by atoms with Gasteiger partial charge in [0.1, 0.15) is 0 Å². The van der Waals surface area contributed by atoms with E-state index in [2.05, 4.69) is 74.8 Å². The first kappa shape index (κ1) is 16.3. The van der Waals surface area contributed by atoms with Crippen LogP contribution in [0.5, 0.6) is 0 Å².